The van der Waals surface area contributed by atoms with Crippen molar-refractivity contribution in [1.29, 1.82) is 0 Å². The minimum absolute atomic E-state index is 0.0118. The summed E-state index contributed by atoms with van der Waals surface area (Å²) in [5, 5.41) is 29.8. The number of aliphatic hydroxyl groups is 1. The summed E-state index contributed by atoms with van der Waals surface area (Å²) in [7, 11) is 0. The van der Waals surface area contributed by atoms with E-state index in [0.29, 0.717) is 17.6 Å². The number of carbonyl (C=O) groups excluding carboxylic acids is 9. The standard InChI is InChI=1S/C70H78N2O21/c1-39-50(89-66(83)60(91-56(79)37-86-48-25-17-10-18-26-48)58(43-19-11-7-12-20-43)72-64(81)49(29-30-54(76)77)71-53(75)33-46-32-42-27-28-45(46)31-42)35-70(84)63(92-65(82)44-21-13-8-14-22-44)61-68(6,62(80)59(88-40(2)73)57(39)67(70,4)5)51(34-52-69(61,38-87-52)93-41(3)74)90-55(78)36-85-47-23-15-9-16-24-47/h7-26,42,45-46,49-52,58-61,63,84H,27-38H2,1-6H3,(H,71,75)(H,72,81)(H,76,77)/t42?,45?,46?,49-,50+,51+,52-,58+,59-,60-,61+,63+,68-,69+,70-/m1/s1. The van der Waals surface area contributed by atoms with Crippen molar-refractivity contribution in [2.45, 2.75) is 159 Å². The van der Waals surface area contributed by atoms with E-state index in [9.17, 15) is 48.6 Å². The molecule has 5 aliphatic carbocycles. The van der Waals surface area contributed by atoms with Crippen LogP contribution in [0.2, 0.25) is 0 Å². The van der Waals surface area contributed by atoms with Crippen LogP contribution in [0.1, 0.15) is 121 Å². The van der Waals surface area contributed by atoms with E-state index < -0.39 is 169 Å². The number of amides is 2. The third kappa shape index (κ3) is 13.9. The van der Waals surface area contributed by atoms with E-state index in [4.69, 9.17) is 42.6 Å². The molecular weight excluding hydrogens is 1200 g/mol. The van der Waals surface area contributed by atoms with Crippen LogP contribution in [-0.2, 0) is 76.3 Å². The number of esters is 6. The van der Waals surface area contributed by atoms with Gasteiger partial charge in [-0.3, -0.25) is 28.8 Å². The summed E-state index contributed by atoms with van der Waals surface area (Å²) in [5.41, 5.74) is -8.80. The normalized spacial score (nSPS) is 28.8. The van der Waals surface area contributed by atoms with Crippen LogP contribution in [-0.4, -0.2) is 143 Å². The Balaban J connectivity index is 1.09. The van der Waals surface area contributed by atoms with Gasteiger partial charge in [-0.25, -0.2) is 19.2 Å². The van der Waals surface area contributed by atoms with Crippen molar-refractivity contribution in [2.75, 3.05) is 19.8 Å². The zero-order valence-electron chi connectivity index (χ0n) is 52.6. The van der Waals surface area contributed by atoms with Crippen molar-refractivity contribution in [3.05, 3.63) is 144 Å². The van der Waals surface area contributed by atoms with Crippen molar-refractivity contribution in [1.82, 2.24) is 10.6 Å². The first-order chi connectivity index (χ1) is 44.3. The molecule has 15 atom stereocenters. The second-order valence-corrected chi connectivity index (χ2v) is 25.8. The van der Waals surface area contributed by atoms with E-state index in [1.807, 2.05) is 0 Å². The highest BCUT2D eigenvalue weighted by atomic mass is 16.6. The molecule has 4 bridgehead atoms. The maximum atomic E-state index is 16.6. The van der Waals surface area contributed by atoms with Crippen molar-refractivity contribution in [3.8, 4) is 11.5 Å². The van der Waals surface area contributed by atoms with Gasteiger partial charge in [0.1, 0.15) is 53.6 Å². The highest BCUT2D eigenvalue weighted by Crippen LogP contribution is 2.65. The van der Waals surface area contributed by atoms with Gasteiger partial charge in [-0.05, 0) is 110 Å². The van der Waals surface area contributed by atoms with Gasteiger partial charge in [-0.1, -0.05) is 105 Å². The lowest BCUT2D eigenvalue weighted by molar-refractivity contribution is -0.346. The predicted octanol–water partition coefficient (Wildman–Crippen LogP) is 6.86. The summed E-state index contributed by atoms with van der Waals surface area (Å²) in [6.07, 6.45) is -8.83. The molecular formula is C70H78N2O21. The van der Waals surface area contributed by atoms with Gasteiger partial charge in [0.05, 0.1) is 23.5 Å². The number of carbonyl (C=O) groups is 10. The van der Waals surface area contributed by atoms with Gasteiger partial charge in [-0.2, -0.15) is 0 Å². The number of benzene rings is 4. The first kappa shape index (κ1) is 66.9. The van der Waals surface area contributed by atoms with Crippen molar-refractivity contribution >= 4 is 59.4 Å². The van der Waals surface area contributed by atoms with Gasteiger partial charge >= 0.3 is 41.8 Å². The Hall–Kier alpha value is -8.96. The summed E-state index contributed by atoms with van der Waals surface area (Å²) in [4.78, 5) is 144. The van der Waals surface area contributed by atoms with Gasteiger partial charge in [0, 0.05) is 44.9 Å². The number of fused-ring (bicyclic) bond motifs is 7. The van der Waals surface area contributed by atoms with Crippen LogP contribution >= 0.6 is 0 Å². The number of rotatable bonds is 24. The fraction of sp³-hybridized carbons (Fsp3) is 0.486. The Bertz CT molecular complexity index is 3510. The third-order valence-corrected chi connectivity index (χ3v) is 19.8. The first-order valence-corrected chi connectivity index (χ1v) is 31.4. The quantitative estimate of drug-likeness (QED) is 0.0316. The van der Waals surface area contributed by atoms with Crippen LogP contribution in [0.25, 0.3) is 0 Å². The highest BCUT2D eigenvalue weighted by molar-refractivity contribution is 5.96. The molecule has 1 aliphatic heterocycles. The van der Waals surface area contributed by atoms with Gasteiger partial charge in [0.25, 0.3) is 0 Å². The van der Waals surface area contributed by atoms with E-state index in [1.165, 1.54) is 52.0 Å². The summed E-state index contributed by atoms with van der Waals surface area (Å²) in [6.45, 7) is 6.08. The molecule has 23 nitrogen and oxygen atoms in total. The molecule has 10 rings (SSSR count). The molecule has 6 aliphatic rings. The van der Waals surface area contributed by atoms with Gasteiger partial charge in [-0.15, -0.1) is 0 Å². The Morgan fingerprint density at radius 3 is 1.88 bits per heavy atom. The zero-order chi connectivity index (χ0) is 66.6. The molecule has 93 heavy (non-hydrogen) atoms. The van der Waals surface area contributed by atoms with E-state index in [-0.39, 0.29) is 53.2 Å². The Morgan fingerprint density at radius 1 is 0.710 bits per heavy atom. The SMILES string of the molecule is CC(=O)O[C@H]1C(=O)[C@]2(C)[C@@H](OC(=O)COc3ccccc3)C[C@H]3OC[C@@]3(OC(C)=O)[C@H]2[C@H](OC(=O)c2ccccc2)[C@]2(O)C[C@H](OC(=O)[C@H](OC(=O)COc3ccccc3)[C@@H](NC(=O)[C@@H](CCC(=O)O)NC(=O)CC3CC4CCC3C4)c3ccccc3)C(C)=C1C2(C)C. The summed E-state index contributed by atoms with van der Waals surface area (Å²) in [5.74, 6) is -10.4. The van der Waals surface area contributed by atoms with Crippen molar-refractivity contribution in [2.24, 2.45) is 34.5 Å². The second kappa shape index (κ2) is 27.7. The number of nitrogens with one attached hydrogen (secondary N) is 2. The van der Waals surface area contributed by atoms with E-state index in [1.54, 1.807) is 97.1 Å². The van der Waals surface area contributed by atoms with E-state index in [2.05, 4.69) is 10.6 Å². The highest BCUT2D eigenvalue weighted by Gasteiger charge is 2.79. The fourth-order valence-corrected chi connectivity index (χ4v) is 15.2. The molecule has 23 heteroatoms. The molecule has 4 aromatic rings. The molecule has 3 unspecified atom stereocenters. The van der Waals surface area contributed by atoms with Crippen molar-refractivity contribution < 1.29 is 101 Å². The van der Waals surface area contributed by atoms with Crippen LogP contribution < -0.4 is 20.1 Å². The predicted molar refractivity (Wildman–Crippen MR) is 326 cm³/mol. The summed E-state index contributed by atoms with van der Waals surface area (Å²) in [6, 6.07) is 28.8. The fourth-order valence-electron chi connectivity index (χ4n) is 15.2. The Morgan fingerprint density at radius 2 is 1.32 bits per heavy atom. The largest absolute Gasteiger partial charge is 0.482 e. The minimum Gasteiger partial charge on any atom is -0.482 e. The molecule has 5 fully saturated rings. The number of carboxylic acid groups (broad SMARTS) is 1. The second-order valence-electron chi connectivity index (χ2n) is 25.8. The zero-order valence-corrected chi connectivity index (χ0v) is 52.6. The van der Waals surface area contributed by atoms with E-state index in [0.717, 1.165) is 39.5 Å². The minimum atomic E-state index is -2.64. The third-order valence-electron chi connectivity index (χ3n) is 19.8. The molecule has 0 spiro atoms. The number of aliphatic carboxylic acids is 1. The number of para-hydroxylation sites is 2. The molecule has 4 saturated carbocycles. The lowest BCUT2D eigenvalue weighted by atomic mass is 9.44. The number of ether oxygens (including phenoxy) is 9. The average molecular weight is 1280 g/mol. The molecule has 2 amide bonds. The maximum Gasteiger partial charge on any atom is 0.350 e. The van der Waals surface area contributed by atoms with Gasteiger partial charge < -0.3 is 63.5 Å². The van der Waals surface area contributed by atoms with Crippen LogP contribution in [0.4, 0.5) is 0 Å². The number of hydrogen-bond donors (Lipinski definition) is 4. The molecule has 0 aromatic heterocycles. The number of carboxylic acids is 1. The van der Waals surface area contributed by atoms with Crippen LogP contribution in [0.15, 0.2) is 132 Å². The topological polar surface area (TPSA) is 318 Å². The summed E-state index contributed by atoms with van der Waals surface area (Å²) < 4.78 is 55.6. The molecule has 4 aromatic carbocycles. The monoisotopic (exact) mass is 1280 g/mol. The number of hydrogen-bond acceptors (Lipinski definition) is 20. The lowest BCUT2D eigenvalue weighted by Crippen LogP contribution is -2.82. The number of Topliss-reactive ketones (excluding diaryl/α,β-unsaturated/α-hetero) is 1. The summed E-state index contributed by atoms with van der Waals surface area (Å²) >= 11 is 0. The van der Waals surface area contributed by atoms with Crippen LogP contribution in [0.5, 0.6) is 11.5 Å². The van der Waals surface area contributed by atoms with Gasteiger partial charge in [0.2, 0.25) is 17.9 Å². The van der Waals surface area contributed by atoms with Gasteiger partial charge in [0.15, 0.2) is 30.7 Å². The molecule has 1 saturated heterocycles. The first-order valence-electron chi connectivity index (χ1n) is 31.4. The number of ketones is 1. The van der Waals surface area contributed by atoms with E-state index >= 15 is 9.59 Å². The molecule has 0 radical (unpaired) electrons. The molecule has 4 N–H and O–H groups in total. The smallest absolute Gasteiger partial charge is 0.350 e. The molecule has 494 valence electrons. The van der Waals surface area contributed by atoms with Crippen LogP contribution in [0, 0.1) is 34.5 Å². The average Bonchev–Trinajstić information content (AvgIpc) is 1.07. The lowest BCUT2D eigenvalue weighted by Gasteiger charge is -2.67. The Kier molecular flexibility index (Phi) is 19.9. The Labute approximate surface area is 537 Å². The van der Waals surface area contributed by atoms with Crippen molar-refractivity contribution in [3.63, 3.8) is 0 Å². The maximum absolute atomic E-state index is 16.6. The van der Waals surface area contributed by atoms with Crippen LogP contribution in [0.3, 0.4) is 0 Å². The molecule has 1 heterocycles.